The van der Waals surface area contributed by atoms with Crippen LogP contribution in [0.4, 0.5) is 0 Å². The molecule has 2 nitrogen and oxygen atoms in total. The lowest BCUT2D eigenvalue weighted by Gasteiger charge is -2.16. The minimum atomic E-state index is 1.04. The number of rotatable bonds is 5. The molecular formula is C48H34N2. The van der Waals surface area contributed by atoms with E-state index in [0.717, 1.165) is 18.5 Å². The average Bonchev–Trinajstić information content (AvgIpc) is 3.72. The fourth-order valence-electron chi connectivity index (χ4n) is 8.04. The van der Waals surface area contributed by atoms with E-state index in [1.165, 1.54) is 82.3 Å². The molecule has 2 heterocycles. The zero-order valence-corrected chi connectivity index (χ0v) is 27.6. The second-order valence-corrected chi connectivity index (χ2v) is 13.2. The van der Waals surface area contributed by atoms with E-state index in [1.54, 1.807) is 0 Å². The van der Waals surface area contributed by atoms with Crippen LogP contribution in [0.3, 0.4) is 0 Å². The van der Waals surface area contributed by atoms with Crippen molar-refractivity contribution in [3.8, 4) is 44.8 Å². The Morgan fingerprint density at radius 1 is 0.340 bits per heavy atom. The number of hydrogen-bond donors (Lipinski definition) is 0. The van der Waals surface area contributed by atoms with Crippen molar-refractivity contribution in [3.05, 3.63) is 180 Å². The predicted octanol–water partition coefficient (Wildman–Crippen LogP) is 11.1. The SMILES string of the molecule is C1=c2c(n(-c3ccccc3)c3c2ccc2c4cc(-c5ccccc5)ccc4n(-c4cc(-c5ccccc5)cc(-c5ccccc5)c4)c23)=CCC1. The summed E-state index contributed by atoms with van der Waals surface area (Å²) in [5, 5.41) is 6.42. The van der Waals surface area contributed by atoms with Gasteiger partial charge >= 0.3 is 0 Å². The van der Waals surface area contributed by atoms with Crippen molar-refractivity contribution in [3.63, 3.8) is 0 Å². The Kier molecular flexibility index (Phi) is 6.67. The number of hydrogen-bond acceptors (Lipinski definition) is 0. The highest BCUT2D eigenvalue weighted by Crippen LogP contribution is 2.40. The van der Waals surface area contributed by atoms with Gasteiger partial charge in [0.25, 0.3) is 0 Å². The third kappa shape index (κ3) is 4.57. The van der Waals surface area contributed by atoms with Gasteiger partial charge in [0, 0.05) is 38.1 Å². The molecule has 0 atom stereocenters. The van der Waals surface area contributed by atoms with Crippen LogP contribution < -0.4 is 10.6 Å². The van der Waals surface area contributed by atoms with E-state index in [0.29, 0.717) is 0 Å². The van der Waals surface area contributed by atoms with Gasteiger partial charge in [0.2, 0.25) is 0 Å². The smallest absolute Gasteiger partial charge is 0.0788 e. The van der Waals surface area contributed by atoms with Gasteiger partial charge in [-0.1, -0.05) is 140 Å². The van der Waals surface area contributed by atoms with E-state index < -0.39 is 0 Å². The van der Waals surface area contributed by atoms with Gasteiger partial charge in [0.1, 0.15) is 0 Å². The summed E-state index contributed by atoms with van der Waals surface area (Å²) in [5.74, 6) is 0. The zero-order chi connectivity index (χ0) is 33.0. The Morgan fingerprint density at radius 2 is 0.880 bits per heavy atom. The molecule has 0 aliphatic heterocycles. The summed E-state index contributed by atoms with van der Waals surface area (Å²) < 4.78 is 5.04. The summed E-state index contributed by atoms with van der Waals surface area (Å²) in [6.45, 7) is 0. The molecule has 0 fully saturated rings. The zero-order valence-electron chi connectivity index (χ0n) is 27.6. The van der Waals surface area contributed by atoms with Crippen molar-refractivity contribution in [1.82, 2.24) is 9.13 Å². The lowest BCUT2D eigenvalue weighted by molar-refractivity contribution is 1.02. The highest BCUT2D eigenvalue weighted by atomic mass is 15.0. The van der Waals surface area contributed by atoms with Gasteiger partial charge in [-0.05, 0) is 88.7 Å². The van der Waals surface area contributed by atoms with Crippen LogP contribution in [0.25, 0.3) is 89.6 Å². The van der Waals surface area contributed by atoms with Crippen LogP contribution in [-0.2, 0) is 0 Å². The first-order valence-corrected chi connectivity index (χ1v) is 17.5. The molecule has 0 saturated heterocycles. The van der Waals surface area contributed by atoms with Gasteiger partial charge < -0.3 is 9.13 Å². The topological polar surface area (TPSA) is 9.86 Å². The average molecular weight is 639 g/mol. The van der Waals surface area contributed by atoms with E-state index in [1.807, 2.05) is 0 Å². The molecule has 0 bridgehead atoms. The molecule has 0 radical (unpaired) electrons. The Morgan fingerprint density at radius 3 is 1.52 bits per heavy atom. The Bertz CT molecular complexity index is 2770. The molecular weight excluding hydrogens is 605 g/mol. The van der Waals surface area contributed by atoms with Gasteiger partial charge in [-0.25, -0.2) is 0 Å². The number of aromatic nitrogens is 2. The van der Waals surface area contributed by atoms with Gasteiger partial charge in [0.15, 0.2) is 0 Å². The van der Waals surface area contributed by atoms with Gasteiger partial charge in [-0.3, -0.25) is 0 Å². The number of nitrogens with zero attached hydrogens (tertiary/aromatic N) is 2. The Labute approximate surface area is 291 Å². The van der Waals surface area contributed by atoms with Crippen molar-refractivity contribution in [2.45, 2.75) is 12.8 Å². The van der Waals surface area contributed by atoms with Crippen LogP contribution in [0, 0.1) is 0 Å². The summed E-state index contributed by atoms with van der Waals surface area (Å²) in [6.07, 6.45) is 6.97. The maximum absolute atomic E-state index is 2.53. The second-order valence-electron chi connectivity index (χ2n) is 13.2. The minimum Gasteiger partial charge on any atom is -0.308 e. The van der Waals surface area contributed by atoms with Crippen molar-refractivity contribution < 1.29 is 0 Å². The van der Waals surface area contributed by atoms with Crippen LogP contribution in [0.2, 0.25) is 0 Å². The lowest BCUT2D eigenvalue weighted by Crippen LogP contribution is -2.30. The molecule has 1 aliphatic carbocycles. The summed E-state index contributed by atoms with van der Waals surface area (Å²) in [4.78, 5) is 0. The van der Waals surface area contributed by atoms with E-state index in [-0.39, 0.29) is 0 Å². The molecule has 0 amide bonds. The molecule has 2 heteroatoms. The molecule has 9 aromatic rings. The minimum absolute atomic E-state index is 1.04. The van der Waals surface area contributed by atoms with Crippen LogP contribution >= 0.6 is 0 Å². The molecule has 0 spiro atoms. The standard InChI is InChI=1S/C48H34N2/c1-5-15-33(16-6-1)36-25-28-46-44(32-36)43-27-26-42-41-23-13-14-24-45(41)49(39-21-11-4-12-22-39)47(42)48(43)50(46)40-30-37(34-17-7-2-8-18-34)29-38(31-40)35-19-9-3-10-20-35/h1-12,15-32H,13-14H2. The third-order valence-corrected chi connectivity index (χ3v) is 10.3. The highest BCUT2D eigenvalue weighted by Gasteiger charge is 2.22. The molecule has 0 unspecified atom stereocenters. The predicted molar refractivity (Wildman–Crippen MR) is 211 cm³/mol. The molecule has 7 aromatic carbocycles. The molecule has 1 aliphatic rings. The normalized spacial score (nSPS) is 12.6. The van der Waals surface area contributed by atoms with E-state index in [4.69, 9.17) is 0 Å². The number of fused-ring (bicyclic) bond motifs is 7. The first-order valence-electron chi connectivity index (χ1n) is 17.5. The summed E-state index contributed by atoms with van der Waals surface area (Å²) >= 11 is 0. The second kappa shape index (κ2) is 11.6. The van der Waals surface area contributed by atoms with Gasteiger partial charge in [-0.2, -0.15) is 0 Å². The number of benzene rings is 7. The van der Waals surface area contributed by atoms with Crippen LogP contribution in [0.15, 0.2) is 170 Å². The number of para-hydroxylation sites is 1. The monoisotopic (exact) mass is 638 g/mol. The highest BCUT2D eigenvalue weighted by molar-refractivity contribution is 6.19. The molecule has 2 aromatic heterocycles. The Hall–Kier alpha value is -6.38. The molecule has 50 heavy (non-hydrogen) atoms. The first-order chi connectivity index (χ1) is 24.8. The fraction of sp³-hybridized carbons (Fsp3) is 0.0417. The third-order valence-electron chi connectivity index (χ3n) is 10.3. The first kappa shape index (κ1) is 28.6. The molecule has 0 N–H and O–H groups in total. The maximum atomic E-state index is 2.53. The van der Waals surface area contributed by atoms with Crippen LogP contribution in [-0.4, -0.2) is 9.13 Å². The lowest BCUT2D eigenvalue weighted by atomic mass is 9.98. The maximum Gasteiger partial charge on any atom is 0.0788 e. The Balaban J connectivity index is 1.39. The summed E-state index contributed by atoms with van der Waals surface area (Å²) in [5.41, 5.74) is 13.3. The van der Waals surface area contributed by atoms with Gasteiger partial charge in [-0.15, -0.1) is 0 Å². The van der Waals surface area contributed by atoms with E-state index in [2.05, 4.69) is 191 Å². The molecule has 10 rings (SSSR count). The van der Waals surface area contributed by atoms with Crippen molar-refractivity contribution in [2.24, 2.45) is 0 Å². The van der Waals surface area contributed by atoms with E-state index in [9.17, 15) is 0 Å². The van der Waals surface area contributed by atoms with Crippen LogP contribution in [0.5, 0.6) is 0 Å². The van der Waals surface area contributed by atoms with E-state index >= 15 is 0 Å². The summed E-state index contributed by atoms with van der Waals surface area (Å²) in [6, 6.07) is 62.0. The van der Waals surface area contributed by atoms with Gasteiger partial charge in [0.05, 0.1) is 16.6 Å². The van der Waals surface area contributed by atoms with Crippen molar-refractivity contribution in [1.29, 1.82) is 0 Å². The summed E-state index contributed by atoms with van der Waals surface area (Å²) in [7, 11) is 0. The fourth-order valence-corrected chi connectivity index (χ4v) is 8.04. The van der Waals surface area contributed by atoms with Crippen LogP contribution in [0.1, 0.15) is 12.8 Å². The van der Waals surface area contributed by atoms with Crippen molar-refractivity contribution >= 4 is 44.9 Å². The molecule has 236 valence electrons. The molecule has 0 saturated carbocycles. The largest absolute Gasteiger partial charge is 0.308 e. The quantitative estimate of drug-likeness (QED) is 0.178. The van der Waals surface area contributed by atoms with Crippen molar-refractivity contribution in [2.75, 3.05) is 0 Å².